The number of fused-ring (bicyclic) bond motifs is 1. The summed E-state index contributed by atoms with van der Waals surface area (Å²) in [6.07, 6.45) is 0. The molecule has 0 unspecified atom stereocenters. The largest absolute Gasteiger partial charge is 0.494 e. The Balaban J connectivity index is 1.80. The summed E-state index contributed by atoms with van der Waals surface area (Å²) in [6, 6.07) is 7.35. The average molecular weight is 370 g/mol. The van der Waals surface area contributed by atoms with E-state index in [1.165, 1.54) is 0 Å². The number of aliphatic imine (C=N–C) groups is 1. The topological polar surface area (TPSA) is 62.0 Å². The third kappa shape index (κ3) is 3.32. The SMILES string of the molecule is CC(C)Nc1ccc2c(c1)c(C1=NCCN(C3COC3)C1)c(O)n2C(C)C. The summed E-state index contributed by atoms with van der Waals surface area (Å²) in [6.45, 7) is 12.6. The first kappa shape index (κ1) is 18.3. The molecule has 27 heavy (non-hydrogen) atoms. The summed E-state index contributed by atoms with van der Waals surface area (Å²) in [7, 11) is 0. The third-order valence-corrected chi connectivity index (χ3v) is 5.42. The molecule has 2 aliphatic rings. The highest BCUT2D eigenvalue weighted by Crippen LogP contribution is 2.37. The number of hydrogen-bond donors (Lipinski definition) is 2. The van der Waals surface area contributed by atoms with Crippen LogP contribution < -0.4 is 5.32 Å². The van der Waals surface area contributed by atoms with E-state index in [1.807, 2.05) is 4.57 Å². The fourth-order valence-electron chi connectivity index (χ4n) is 4.07. The number of nitrogens with one attached hydrogen (secondary N) is 1. The van der Waals surface area contributed by atoms with Crippen molar-refractivity contribution in [1.82, 2.24) is 9.47 Å². The van der Waals surface area contributed by atoms with Crippen LogP contribution in [0.1, 0.15) is 39.3 Å². The first-order valence-electron chi connectivity index (χ1n) is 9.94. The van der Waals surface area contributed by atoms with E-state index >= 15 is 0 Å². The van der Waals surface area contributed by atoms with E-state index in [2.05, 4.69) is 56.1 Å². The molecule has 4 rings (SSSR count). The lowest BCUT2D eigenvalue weighted by Crippen LogP contribution is -2.53. The van der Waals surface area contributed by atoms with E-state index in [0.29, 0.717) is 18.0 Å². The summed E-state index contributed by atoms with van der Waals surface area (Å²) in [5.41, 5.74) is 3.99. The molecule has 2 aromatic rings. The molecule has 0 bridgehead atoms. The van der Waals surface area contributed by atoms with Gasteiger partial charge in [0.1, 0.15) is 0 Å². The molecule has 1 aromatic heterocycles. The van der Waals surface area contributed by atoms with Crippen molar-refractivity contribution in [2.24, 2.45) is 4.99 Å². The normalized spacial score (nSPS) is 19.0. The van der Waals surface area contributed by atoms with Gasteiger partial charge in [-0.25, -0.2) is 0 Å². The van der Waals surface area contributed by atoms with Crippen molar-refractivity contribution in [3.05, 3.63) is 23.8 Å². The van der Waals surface area contributed by atoms with Crippen LogP contribution in [0.5, 0.6) is 5.88 Å². The predicted molar refractivity (Wildman–Crippen MR) is 110 cm³/mol. The molecule has 1 fully saturated rings. The lowest BCUT2D eigenvalue weighted by molar-refractivity contribution is -0.0596. The van der Waals surface area contributed by atoms with Gasteiger partial charge < -0.3 is 19.7 Å². The highest BCUT2D eigenvalue weighted by molar-refractivity contribution is 6.15. The Morgan fingerprint density at radius 1 is 1.22 bits per heavy atom. The Kier molecular flexibility index (Phi) is 4.86. The fraction of sp³-hybridized carbons (Fsp3) is 0.571. The van der Waals surface area contributed by atoms with Crippen LogP contribution in [0.2, 0.25) is 0 Å². The fourth-order valence-corrected chi connectivity index (χ4v) is 4.07. The zero-order chi connectivity index (χ0) is 19.1. The van der Waals surface area contributed by atoms with E-state index in [1.54, 1.807) is 0 Å². The summed E-state index contributed by atoms with van der Waals surface area (Å²) in [4.78, 5) is 7.24. The smallest absolute Gasteiger partial charge is 0.201 e. The molecule has 0 atom stereocenters. The zero-order valence-electron chi connectivity index (χ0n) is 16.7. The Labute approximate surface area is 160 Å². The van der Waals surface area contributed by atoms with Gasteiger partial charge in [0.15, 0.2) is 0 Å². The molecule has 0 aliphatic carbocycles. The molecule has 2 aliphatic heterocycles. The second-order valence-electron chi connectivity index (χ2n) is 8.18. The van der Waals surface area contributed by atoms with Crippen molar-refractivity contribution in [1.29, 1.82) is 0 Å². The molecule has 2 N–H and O–H groups in total. The molecule has 0 amide bonds. The van der Waals surface area contributed by atoms with Crippen molar-refractivity contribution in [2.75, 3.05) is 38.2 Å². The molecule has 6 nitrogen and oxygen atoms in total. The molecule has 6 heteroatoms. The van der Waals surface area contributed by atoms with Gasteiger partial charge in [-0.05, 0) is 45.9 Å². The van der Waals surface area contributed by atoms with Gasteiger partial charge in [0.25, 0.3) is 0 Å². The first-order chi connectivity index (χ1) is 13.0. The molecule has 1 aromatic carbocycles. The third-order valence-electron chi connectivity index (χ3n) is 5.42. The molecular weight excluding hydrogens is 340 g/mol. The Morgan fingerprint density at radius 2 is 2.00 bits per heavy atom. The lowest BCUT2D eigenvalue weighted by Gasteiger charge is -2.38. The van der Waals surface area contributed by atoms with Crippen LogP contribution in [0.25, 0.3) is 10.9 Å². The van der Waals surface area contributed by atoms with Crippen molar-refractivity contribution in [2.45, 2.75) is 45.8 Å². The van der Waals surface area contributed by atoms with Crippen LogP contribution in [-0.4, -0.2) is 65.2 Å². The molecule has 1 saturated heterocycles. The van der Waals surface area contributed by atoms with Crippen LogP contribution in [0, 0.1) is 0 Å². The van der Waals surface area contributed by atoms with Gasteiger partial charge in [-0.15, -0.1) is 0 Å². The van der Waals surface area contributed by atoms with Crippen LogP contribution in [0.15, 0.2) is 23.2 Å². The number of aromatic nitrogens is 1. The predicted octanol–water partition coefficient (Wildman–Crippen LogP) is 3.25. The summed E-state index contributed by atoms with van der Waals surface area (Å²) >= 11 is 0. The van der Waals surface area contributed by atoms with E-state index in [0.717, 1.165) is 60.7 Å². The number of benzene rings is 1. The Bertz CT molecular complexity index is 865. The molecule has 0 spiro atoms. The first-order valence-corrected chi connectivity index (χ1v) is 9.94. The highest BCUT2D eigenvalue weighted by Gasteiger charge is 2.31. The van der Waals surface area contributed by atoms with Crippen molar-refractivity contribution in [3.8, 4) is 5.88 Å². The summed E-state index contributed by atoms with van der Waals surface area (Å²) in [5.74, 6) is 0.326. The molecule has 3 heterocycles. The maximum Gasteiger partial charge on any atom is 0.201 e. The van der Waals surface area contributed by atoms with Crippen molar-refractivity contribution in [3.63, 3.8) is 0 Å². The quantitative estimate of drug-likeness (QED) is 0.848. The molecule has 0 saturated carbocycles. The second-order valence-corrected chi connectivity index (χ2v) is 8.18. The number of anilines is 1. The Hall–Kier alpha value is -2.05. The van der Waals surface area contributed by atoms with Gasteiger partial charge in [0, 0.05) is 36.2 Å². The van der Waals surface area contributed by atoms with Crippen molar-refractivity contribution >= 4 is 22.3 Å². The molecule has 146 valence electrons. The van der Waals surface area contributed by atoms with Gasteiger partial charge in [0.2, 0.25) is 5.88 Å². The Morgan fingerprint density at radius 3 is 2.63 bits per heavy atom. The van der Waals surface area contributed by atoms with Gasteiger partial charge in [-0.3, -0.25) is 9.89 Å². The summed E-state index contributed by atoms with van der Waals surface area (Å²) in [5, 5.41) is 15.7. The van der Waals surface area contributed by atoms with Gasteiger partial charge in [0.05, 0.1) is 42.6 Å². The molecular formula is C21H30N4O2. The minimum Gasteiger partial charge on any atom is -0.494 e. The van der Waals surface area contributed by atoms with Crippen molar-refractivity contribution < 1.29 is 9.84 Å². The highest BCUT2D eigenvalue weighted by atomic mass is 16.5. The zero-order valence-corrected chi connectivity index (χ0v) is 16.7. The maximum atomic E-state index is 11.1. The van der Waals surface area contributed by atoms with Gasteiger partial charge in [-0.2, -0.15) is 0 Å². The van der Waals surface area contributed by atoms with Gasteiger partial charge in [-0.1, -0.05) is 0 Å². The van der Waals surface area contributed by atoms with Crippen LogP contribution in [0.3, 0.4) is 0 Å². The average Bonchev–Trinajstić information content (AvgIpc) is 2.84. The second kappa shape index (κ2) is 7.17. The van der Waals surface area contributed by atoms with Crippen LogP contribution in [0.4, 0.5) is 5.69 Å². The number of rotatable bonds is 5. The van der Waals surface area contributed by atoms with E-state index in [-0.39, 0.29) is 6.04 Å². The van der Waals surface area contributed by atoms with Crippen LogP contribution >= 0.6 is 0 Å². The minimum absolute atomic E-state index is 0.172. The standard InChI is InChI=1S/C21H30N4O2/c1-13(2)23-15-5-6-19-17(9-15)20(21(26)25(19)14(3)4)18-10-24(8-7-22-18)16-11-27-12-16/h5-6,9,13-14,16,23,26H,7-8,10-12H2,1-4H3. The van der Waals surface area contributed by atoms with Crippen LogP contribution in [-0.2, 0) is 4.74 Å². The number of hydrogen-bond acceptors (Lipinski definition) is 5. The number of ether oxygens (including phenoxy) is 1. The monoisotopic (exact) mass is 370 g/mol. The summed E-state index contributed by atoms with van der Waals surface area (Å²) < 4.78 is 7.38. The van der Waals surface area contributed by atoms with Gasteiger partial charge >= 0.3 is 0 Å². The minimum atomic E-state index is 0.172. The van der Waals surface area contributed by atoms with E-state index in [9.17, 15) is 5.11 Å². The number of aromatic hydroxyl groups is 1. The van der Waals surface area contributed by atoms with E-state index < -0.39 is 0 Å². The lowest BCUT2D eigenvalue weighted by atomic mass is 10.0. The number of nitrogens with zero attached hydrogens (tertiary/aromatic N) is 3. The maximum absolute atomic E-state index is 11.1. The van der Waals surface area contributed by atoms with E-state index in [4.69, 9.17) is 9.73 Å². The molecule has 0 radical (unpaired) electrons.